The molecule has 118 valence electrons. The second kappa shape index (κ2) is 6.34. The minimum Gasteiger partial charge on any atom is -0.367 e. The molecule has 0 aliphatic carbocycles. The number of hydrogen-bond acceptors (Lipinski definition) is 5. The molecule has 1 unspecified atom stereocenters. The van der Waals surface area contributed by atoms with E-state index in [1.54, 1.807) is 10.8 Å². The first-order chi connectivity index (χ1) is 11.4. The minimum absolute atomic E-state index is 0.372. The number of rotatable bonds is 5. The van der Waals surface area contributed by atoms with E-state index in [9.17, 15) is 0 Å². The van der Waals surface area contributed by atoms with Crippen molar-refractivity contribution in [3.8, 4) is 0 Å². The van der Waals surface area contributed by atoms with E-state index < -0.39 is 0 Å². The molecule has 0 spiro atoms. The maximum absolute atomic E-state index is 4.49. The van der Waals surface area contributed by atoms with Crippen molar-refractivity contribution >= 4 is 11.5 Å². The highest BCUT2D eigenvalue weighted by Gasteiger charge is 2.23. The number of nitrogens with one attached hydrogen (secondary N) is 1. The molecule has 1 aliphatic heterocycles. The molecular formula is C17H20N6. The Morgan fingerprint density at radius 2 is 1.87 bits per heavy atom. The number of fused-ring (bicyclic) bond motifs is 1. The Kier molecular flexibility index (Phi) is 3.90. The van der Waals surface area contributed by atoms with Crippen LogP contribution in [0.15, 0.2) is 48.8 Å². The van der Waals surface area contributed by atoms with Gasteiger partial charge >= 0.3 is 0 Å². The van der Waals surface area contributed by atoms with Crippen molar-refractivity contribution in [3.05, 3.63) is 54.4 Å². The standard InChI is InChI=1S/C17H20N6/c1-2-6-14(7-3-1)15(22-10-4-5-11-22)12-18-16-8-9-17-20-19-13-23(17)21-16/h1-3,6-9,13,15H,4-5,10-12H2,(H,18,21). The summed E-state index contributed by atoms with van der Waals surface area (Å²) < 4.78 is 1.69. The maximum Gasteiger partial charge on any atom is 0.177 e. The van der Waals surface area contributed by atoms with Gasteiger partial charge in [0.05, 0.1) is 6.04 Å². The fourth-order valence-electron chi connectivity index (χ4n) is 3.21. The summed E-state index contributed by atoms with van der Waals surface area (Å²) in [6.07, 6.45) is 4.19. The molecule has 23 heavy (non-hydrogen) atoms. The molecule has 6 heteroatoms. The number of aromatic nitrogens is 4. The Morgan fingerprint density at radius 1 is 1.04 bits per heavy atom. The first kappa shape index (κ1) is 14.1. The Morgan fingerprint density at radius 3 is 2.70 bits per heavy atom. The van der Waals surface area contributed by atoms with Crippen LogP contribution in [-0.4, -0.2) is 44.3 Å². The van der Waals surface area contributed by atoms with Crippen LogP contribution in [0.3, 0.4) is 0 Å². The van der Waals surface area contributed by atoms with E-state index in [4.69, 9.17) is 0 Å². The number of anilines is 1. The van der Waals surface area contributed by atoms with Gasteiger partial charge in [-0.05, 0) is 43.6 Å². The zero-order chi connectivity index (χ0) is 15.5. The van der Waals surface area contributed by atoms with Gasteiger partial charge < -0.3 is 5.32 Å². The molecule has 1 aromatic carbocycles. The van der Waals surface area contributed by atoms with Crippen LogP contribution in [0.25, 0.3) is 5.65 Å². The van der Waals surface area contributed by atoms with Crippen molar-refractivity contribution < 1.29 is 0 Å². The normalized spacial score (nSPS) is 16.7. The summed E-state index contributed by atoms with van der Waals surface area (Å²) in [5.74, 6) is 0.845. The Hall–Kier alpha value is -2.47. The second-order valence-electron chi connectivity index (χ2n) is 5.90. The average Bonchev–Trinajstić information content (AvgIpc) is 3.27. The summed E-state index contributed by atoms with van der Waals surface area (Å²) >= 11 is 0. The van der Waals surface area contributed by atoms with Gasteiger partial charge in [0.2, 0.25) is 0 Å². The van der Waals surface area contributed by atoms with Gasteiger partial charge in [-0.3, -0.25) is 4.90 Å². The monoisotopic (exact) mass is 308 g/mol. The van der Waals surface area contributed by atoms with Crippen molar-refractivity contribution in [2.45, 2.75) is 18.9 Å². The van der Waals surface area contributed by atoms with E-state index in [1.165, 1.54) is 31.5 Å². The molecule has 6 nitrogen and oxygen atoms in total. The lowest BCUT2D eigenvalue weighted by Gasteiger charge is -2.28. The molecule has 0 amide bonds. The molecular weight excluding hydrogens is 288 g/mol. The first-order valence-corrected chi connectivity index (χ1v) is 8.10. The van der Waals surface area contributed by atoms with Gasteiger partial charge in [-0.1, -0.05) is 30.3 Å². The van der Waals surface area contributed by atoms with Gasteiger partial charge in [0.1, 0.15) is 12.1 Å². The van der Waals surface area contributed by atoms with Crippen LogP contribution < -0.4 is 5.32 Å². The summed E-state index contributed by atoms with van der Waals surface area (Å²) in [4.78, 5) is 2.56. The Labute approximate surface area is 135 Å². The summed E-state index contributed by atoms with van der Waals surface area (Å²) in [6, 6.07) is 15.0. The SMILES string of the molecule is c1ccc(C(CNc2ccc3nncn3n2)N2CCCC2)cc1. The van der Waals surface area contributed by atoms with E-state index >= 15 is 0 Å². The lowest BCUT2D eigenvalue weighted by atomic mass is 10.1. The molecule has 3 heterocycles. The molecule has 0 bridgehead atoms. The first-order valence-electron chi connectivity index (χ1n) is 8.10. The average molecular weight is 308 g/mol. The van der Waals surface area contributed by atoms with Gasteiger partial charge in [0.25, 0.3) is 0 Å². The minimum atomic E-state index is 0.372. The van der Waals surface area contributed by atoms with Gasteiger partial charge in [0, 0.05) is 6.54 Å². The van der Waals surface area contributed by atoms with Crippen molar-refractivity contribution in [3.63, 3.8) is 0 Å². The van der Waals surface area contributed by atoms with Crippen LogP contribution in [0.1, 0.15) is 24.4 Å². The highest BCUT2D eigenvalue weighted by molar-refractivity contribution is 5.43. The molecule has 2 aromatic heterocycles. The highest BCUT2D eigenvalue weighted by atomic mass is 15.4. The largest absolute Gasteiger partial charge is 0.367 e. The van der Waals surface area contributed by atoms with E-state index in [0.29, 0.717) is 6.04 Å². The molecule has 1 fully saturated rings. The van der Waals surface area contributed by atoms with Crippen LogP contribution in [0, 0.1) is 0 Å². The van der Waals surface area contributed by atoms with Gasteiger partial charge in [-0.25, -0.2) is 0 Å². The number of benzene rings is 1. The van der Waals surface area contributed by atoms with E-state index in [-0.39, 0.29) is 0 Å². The molecule has 1 aliphatic rings. The third-order valence-corrected chi connectivity index (χ3v) is 4.40. The molecule has 1 N–H and O–H groups in total. The lowest BCUT2D eigenvalue weighted by molar-refractivity contribution is 0.256. The topological polar surface area (TPSA) is 58.4 Å². The van der Waals surface area contributed by atoms with Crippen molar-refractivity contribution in [1.82, 2.24) is 24.7 Å². The fraction of sp³-hybridized carbons (Fsp3) is 0.353. The van der Waals surface area contributed by atoms with E-state index in [1.807, 2.05) is 12.1 Å². The van der Waals surface area contributed by atoms with Gasteiger partial charge in [0.15, 0.2) is 5.65 Å². The molecule has 3 aromatic rings. The number of hydrogen-bond donors (Lipinski definition) is 1. The number of likely N-dealkylation sites (tertiary alicyclic amines) is 1. The summed E-state index contributed by atoms with van der Waals surface area (Å²) in [5, 5.41) is 15.8. The van der Waals surface area contributed by atoms with Crippen molar-refractivity contribution in [2.24, 2.45) is 0 Å². The fourth-order valence-corrected chi connectivity index (χ4v) is 3.21. The molecule has 0 saturated carbocycles. The molecule has 1 saturated heterocycles. The van der Waals surface area contributed by atoms with Crippen molar-refractivity contribution in [1.29, 1.82) is 0 Å². The zero-order valence-corrected chi connectivity index (χ0v) is 13.0. The summed E-state index contributed by atoms with van der Waals surface area (Å²) in [5.41, 5.74) is 2.11. The van der Waals surface area contributed by atoms with Crippen LogP contribution in [-0.2, 0) is 0 Å². The summed E-state index contributed by atoms with van der Waals surface area (Å²) in [7, 11) is 0. The van der Waals surface area contributed by atoms with Crippen LogP contribution >= 0.6 is 0 Å². The summed E-state index contributed by atoms with van der Waals surface area (Å²) in [6.45, 7) is 3.17. The van der Waals surface area contributed by atoms with E-state index in [0.717, 1.165) is 18.0 Å². The molecule has 4 rings (SSSR count). The van der Waals surface area contributed by atoms with Crippen molar-refractivity contribution in [2.75, 3.05) is 25.0 Å². The van der Waals surface area contributed by atoms with Crippen LogP contribution in [0.4, 0.5) is 5.82 Å². The third kappa shape index (κ3) is 3.03. The molecule has 1 atom stereocenters. The quantitative estimate of drug-likeness (QED) is 0.784. The second-order valence-corrected chi connectivity index (χ2v) is 5.90. The number of nitrogens with zero attached hydrogens (tertiary/aromatic N) is 5. The van der Waals surface area contributed by atoms with Crippen LogP contribution in [0.2, 0.25) is 0 Å². The molecule has 0 radical (unpaired) electrons. The Bertz CT molecular complexity index is 763. The van der Waals surface area contributed by atoms with Crippen LogP contribution in [0.5, 0.6) is 0 Å². The third-order valence-electron chi connectivity index (χ3n) is 4.40. The van der Waals surface area contributed by atoms with Gasteiger partial charge in [-0.2, -0.15) is 4.52 Å². The predicted molar refractivity (Wildman–Crippen MR) is 89.3 cm³/mol. The van der Waals surface area contributed by atoms with E-state index in [2.05, 4.69) is 55.8 Å². The smallest absolute Gasteiger partial charge is 0.177 e. The maximum atomic E-state index is 4.49. The Balaban J connectivity index is 1.52. The van der Waals surface area contributed by atoms with Gasteiger partial charge in [-0.15, -0.1) is 15.3 Å². The zero-order valence-electron chi connectivity index (χ0n) is 13.0. The predicted octanol–water partition coefficient (Wildman–Crippen LogP) is 2.37. The lowest BCUT2D eigenvalue weighted by Crippen LogP contribution is -2.31. The highest BCUT2D eigenvalue weighted by Crippen LogP contribution is 2.25.